The summed E-state index contributed by atoms with van der Waals surface area (Å²) in [6.45, 7) is 2.19. The molecule has 2 fully saturated rings. The first-order valence-electron chi connectivity index (χ1n) is 9.23. The van der Waals surface area contributed by atoms with Crippen LogP contribution in [0.5, 0.6) is 5.75 Å². The zero-order valence-electron chi connectivity index (χ0n) is 13.8. The van der Waals surface area contributed by atoms with Crippen LogP contribution in [0.2, 0.25) is 0 Å². The molecule has 0 saturated heterocycles. The Morgan fingerprint density at radius 2 is 1.87 bits per heavy atom. The zero-order chi connectivity index (χ0) is 15.9. The zero-order valence-corrected chi connectivity index (χ0v) is 13.8. The third kappa shape index (κ3) is 1.68. The van der Waals surface area contributed by atoms with Crippen molar-refractivity contribution in [1.29, 1.82) is 0 Å². The van der Waals surface area contributed by atoms with Crippen LogP contribution in [0.3, 0.4) is 0 Å². The van der Waals surface area contributed by atoms with Crippen LogP contribution in [0.4, 0.5) is 0 Å². The minimum absolute atomic E-state index is 0.109. The van der Waals surface area contributed by atoms with Crippen LogP contribution < -0.4 is 0 Å². The van der Waals surface area contributed by atoms with Gasteiger partial charge in [0.15, 0.2) is 0 Å². The predicted octanol–water partition coefficient (Wildman–Crippen LogP) is 2.68. The van der Waals surface area contributed by atoms with E-state index < -0.39 is 12.2 Å². The van der Waals surface area contributed by atoms with Gasteiger partial charge in [-0.15, -0.1) is 0 Å². The average molecular weight is 314 g/mol. The summed E-state index contributed by atoms with van der Waals surface area (Å²) in [4.78, 5) is 0. The van der Waals surface area contributed by atoms with E-state index in [0.717, 1.165) is 44.9 Å². The Hall–Kier alpha value is -1.06. The number of fused-ring (bicyclic) bond motifs is 7. The highest BCUT2D eigenvalue weighted by atomic mass is 16.3. The van der Waals surface area contributed by atoms with E-state index in [4.69, 9.17) is 0 Å². The maximum Gasteiger partial charge on any atom is 0.119 e. The quantitative estimate of drug-likeness (QED) is 0.690. The Labute approximate surface area is 137 Å². The first-order chi connectivity index (χ1) is 11.0. The summed E-state index contributed by atoms with van der Waals surface area (Å²) in [6.07, 6.45) is 6.08. The van der Waals surface area contributed by atoms with Crippen LogP contribution in [-0.4, -0.2) is 27.5 Å². The summed E-state index contributed by atoms with van der Waals surface area (Å²) in [5.74, 6) is 2.10. The van der Waals surface area contributed by atoms with Crippen molar-refractivity contribution in [2.24, 2.45) is 17.3 Å². The van der Waals surface area contributed by atoms with Gasteiger partial charge in [0.1, 0.15) is 5.75 Å². The van der Waals surface area contributed by atoms with Crippen molar-refractivity contribution in [2.45, 2.75) is 70.0 Å². The number of phenols is 1. The standard InChI is InChI=1S/C20H26O3/c1-20-7-6-14-11(15(20)9-17(22)19(20)23)3-2-10-8-16(21)12-4-5-13(12)18(10)14/h8,11,14-15,17,19,21-23H,2-7,9H2,1H3/t11-,14+,15+,17-,19-,20+/m1/s1. The van der Waals surface area contributed by atoms with E-state index in [-0.39, 0.29) is 5.41 Å². The number of aryl methyl sites for hydroxylation is 1. The minimum Gasteiger partial charge on any atom is -0.508 e. The number of hydrogen-bond donors (Lipinski definition) is 3. The number of rotatable bonds is 0. The summed E-state index contributed by atoms with van der Waals surface area (Å²) < 4.78 is 0. The molecular formula is C20H26O3. The highest BCUT2D eigenvalue weighted by Crippen LogP contribution is 2.62. The third-order valence-corrected chi connectivity index (χ3v) is 7.81. The SMILES string of the molecule is C[C@]12CC[C@@H]3c4c(cc(O)c5c4CC5)CC[C@H]3[C@@H]1C[C@@H](O)[C@H]2O. The van der Waals surface area contributed by atoms with Gasteiger partial charge in [-0.05, 0) is 96.4 Å². The highest BCUT2D eigenvalue weighted by molar-refractivity contribution is 5.56. The Morgan fingerprint density at radius 1 is 1.09 bits per heavy atom. The van der Waals surface area contributed by atoms with E-state index in [1.54, 1.807) is 5.56 Å². The lowest BCUT2D eigenvalue weighted by atomic mass is 9.54. The molecule has 4 aliphatic rings. The van der Waals surface area contributed by atoms with Gasteiger partial charge in [0.2, 0.25) is 0 Å². The number of aliphatic hydroxyl groups is 2. The fourth-order valence-electron chi connectivity index (χ4n) is 6.51. The molecule has 1 aromatic carbocycles. The van der Waals surface area contributed by atoms with Gasteiger partial charge in [0.05, 0.1) is 12.2 Å². The number of aromatic hydroxyl groups is 1. The monoisotopic (exact) mass is 314 g/mol. The van der Waals surface area contributed by atoms with Gasteiger partial charge in [-0.2, -0.15) is 0 Å². The molecule has 0 radical (unpaired) electrons. The maximum absolute atomic E-state index is 10.5. The van der Waals surface area contributed by atoms with Gasteiger partial charge >= 0.3 is 0 Å². The second kappa shape index (κ2) is 4.52. The smallest absolute Gasteiger partial charge is 0.119 e. The maximum atomic E-state index is 10.5. The van der Waals surface area contributed by atoms with Crippen LogP contribution in [0, 0.1) is 17.3 Å². The van der Waals surface area contributed by atoms with Gasteiger partial charge < -0.3 is 15.3 Å². The van der Waals surface area contributed by atoms with Crippen molar-refractivity contribution >= 4 is 0 Å². The predicted molar refractivity (Wildman–Crippen MR) is 87.5 cm³/mol. The molecule has 0 unspecified atom stereocenters. The normalized spacial score (nSPS) is 43.9. The largest absolute Gasteiger partial charge is 0.508 e. The Balaban J connectivity index is 1.58. The fraction of sp³-hybridized carbons (Fsp3) is 0.700. The second-order valence-corrected chi connectivity index (χ2v) is 8.63. The van der Waals surface area contributed by atoms with Gasteiger partial charge in [-0.3, -0.25) is 0 Å². The fourth-order valence-corrected chi connectivity index (χ4v) is 6.51. The molecule has 4 aliphatic carbocycles. The summed E-state index contributed by atoms with van der Waals surface area (Å²) in [6, 6.07) is 2.02. The van der Waals surface area contributed by atoms with Gasteiger partial charge in [-0.25, -0.2) is 0 Å². The summed E-state index contributed by atoms with van der Waals surface area (Å²) in [5.41, 5.74) is 5.41. The topological polar surface area (TPSA) is 60.7 Å². The second-order valence-electron chi connectivity index (χ2n) is 8.63. The Morgan fingerprint density at radius 3 is 2.61 bits per heavy atom. The molecule has 0 amide bonds. The molecule has 0 aliphatic heterocycles. The van der Waals surface area contributed by atoms with Gasteiger partial charge in [0, 0.05) is 0 Å². The van der Waals surface area contributed by atoms with Crippen molar-refractivity contribution in [3.05, 3.63) is 28.3 Å². The van der Waals surface area contributed by atoms with Crippen molar-refractivity contribution in [3.8, 4) is 5.75 Å². The molecule has 3 nitrogen and oxygen atoms in total. The molecule has 124 valence electrons. The van der Waals surface area contributed by atoms with Crippen LogP contribution in [-0.2, 0) is 19.3 Å². The number of benzene rings is 1. The molecule has 0 spiro atoms. The van der Waals surface area contributed by atoms with E-state index in [1.807, 2.05) is 6.07 Å². The van der Waals surface area contributed by atoms with Crippen LogP contribution >= 0.6 is 0 Å². The lowest BCUT2D eigenvalue weighted by molar-refractivity contribution is -0.0506. The van der Waals surface area contributed by atoms with E-state index >= 15 is 0 Å². The number of phenolic OH excluding ortho intramolecular Hbond substituents is 1. The van der Waals surface area contributed by atoms with Gasteiger partial charge in [0.25, 0.3) is 0 Å². The molecule has 0 heterocycles. The first-order valence-corrected chi connectivity index (χ1v) is 9.23. The van der Waals surface area contributed by atoms with E-state index in [0.29, 0.717) is 23.5 Å². The third-order valence-electron chi connectivity index (χ3n) is 7.81. The lowest BCUT2D eigenvalue weighted by Gasteiger charge is -2.51. The van der Waals surface area contributed by atoms with Crippen LogP contribution in [0.15, 0.2) is 6.07 Å². The molecule has 5 rings (SSSR count). The number of aliphatic hydroxyl groups excluding tert-OH is 2. The Bertz CT molecular complexity index is 682. The number of hydrogen-bond acceptors (Lipinski definition) is 3. The molecule has 1 aromatic rings. The molecule has 23 heavy (non-hydrogen) atoms. The molecule has 6 atom stereocenters. The lowest BCUT2D eigenvalue weighted by Crippen LogP contribution is -2.45. The van der Waals surface area contributed by atoms with Crippen molar-refractivity contribution < 1.29 is 15.3 Å². The molecule has 0 aromatic heterocycles. The first kappa shape index (κ1) is 14.3. The summed E-state index contributed by atoms with van der Waals surface area (Å²) >= 11 is 0. The average Bonchev–Trinajstić information content (AvgIpc) is 2.71. The van der Waals surface area contributed by atoms with Crippen molar-refractivity contribution in [1.82, 2.24) is 0 Å². The van der Waals surface area contributed by atoms with Crippen molar-refractivity contribution in [3.63, 3.8) is 0 Å². The molecule has 3 heteroatoms. The summed E-state index contributed by atoms with van der Waals surface area (Å²) in [7, 11) is 0. The van der Waals surface area contributed by atoms with E-state index in [9.17, 15) is 15.3 Å². The molecule has 3 N–H and O–H groups in total. The summed E-state index contributed by atoms with van der Waals surface area (Å²) in [5, 5.41) is 30.9. The van der Waals surface area contributed by atoms with Crippen LogP contribution in [0.1, 0.15) is 60.8 Å². The van der Waals surface area contributed by atoms with Gasteiger partial charge in [-0.1, -0.05) is 6.92 Å². The van der Waals surface area contributed by atoms with E-state index in [2.05, 4.69) is 6.92 Å². The van der Waals surface area contributed by atoms with Crippen LogP contribution in [0.25, 0.3) is 0 Å². The van der Waals surface area contributed by atoms with E-state index in [1.165, 1.54) is 16.7 Å². The molecule has 2 saturated carbocycles. The molecular weight excluding hydrogens is 288 g/mol. The Kier molecular flexibility index (Phi) is 2.81. The highest BCUT2D eigenvalue weighted by Gasteiger charge is 2.58. The van der Waals surface area contributed by atoms with Crippen molar-refractivity contribution in [2.75, 3.05) is 0 Å². The minimum atomic E-state index is -0.558. The molecule has 0 bridgehead atoms.